The number of nitrogens with one attached hydrogen (secondary N) is 1. The number of benzene rings is 2. The van der Waals surface area contributed by atoms with Crippen LogP contribution in [-0.4, -0.2) is 42.2 Å². The minimum absolute atomic E-state index is 0.178. The van der Waals surface area contributed by atoms with Gasteiger partial charge in [0.25, 0.3) is 11.7 Å². The molecule has 0 aromatic heterocycles. The quantitative estimate of drug-likeness (QED) is 0.473. The molecule has 0 unspecified atom stereocenters. The molecular weight excluding hydrogens is 410 g/mol. The van der Waals surface area contributed by atoms with Crippen molar-refractivity contribution in [3.05, 3.63) is 54.1 Å². The monoisotopic (exact) mass is 434 g/mol. The van der Waals surface area contributed by atoms with E-state index in [-0.39, 0.29) is 12.5 Å². The van der Waals surface area contributed by atoms with E-state index in [2.05, 4.69) is 5.32 Å². The van der Waals surface area contributed by atoms with Crippen molar-refractivity contribution in [3.8, 4) is 0 Å². The van der Waals surface area contributed by atoms with Gasteiger partial charge in [-0.3, -0.25) is 4.79 Å². The van der Waals surface area contributed by atoms with Gasteiger partial charge in [0.2, 0.25) is 0 Å². The lowest BCUT2D eigenvalue weighted by molar-refractivity contribution is -0.134. The first kappa shape index (κ1) is 22.1. The third-order valence-electron chi connectivity index (χ3n) is 4.79. The zero-order chi connectivity index (χ0) is 21.3. The van der Waals surface area contributed by atoms with E-state index in [1.54, 1.807) is 53.4 Å². The number of halogens is 2. The van der Waals surface area contributed by atoms with Crippen molar-refractivity contribution < 1.29 is 23.1 Å². The van der Waals surface area contributed by atoms with Gasteiger partial charge in [0, 0.05) is 23.7 Å². The Hall–Kier alpha value is -2.61. The molecule has 1 N–H and O–H groups in total. The number of hydrogen-bond acceptors (Lipinski definition) is 5. The first-order chi connectivity index (χ1) is 14.5. The third kappa shape index (κ3) is 6.45. The number of amides is 1. The highest BCUT2D eigenvalue weighted by molar-refractivity contribution is 7.99. The topological polar surface area (TPSA) is 58.6 Å². The zero-order valence-corrected chi connectivity index (χ0v) is 17.3. The first-order valence-electron chi connectivity index (χ1n) is 9.89. The molecule has 0 aliphatic carbocycles. The smallest absolute Gasteiger partial charge is 0.340 e. The Kier molecular flexibility index (Phi) is 8.07. The largest absolute Gasteiger partial charge is 0.452 e. The van der Waals surface area contributed by atoms with Gasteiger partial charge in [-0.25, -0.2) is 4.79 Å². The second kappa shape index (κ2) is 11.0. The van der Waals surface area contributed by atoms with E-state index < -0.39 is 11.7 Å². The number of nitrogens with zero attached hydrogens (tertiary/aromatic N) is 1. The van der Waals surface area contributed by atoms with Crippen LogP contribution in [0, 0.1) is 0 Å². The summed E-state index contributed by atoms with van der Waals surface area (Å²) in [6.07, 6.45) is 4.18. The number of alkyl halides is 2. The van der Waals surface area contributed by atoms with Crippen molar-refractivity contribution in [2.45, 2.75) is 36.3 Å². The molecule has 0 spiro atoms. The summed E-state index contributed by atoms with van der Waals surface area (Å²) in [4.78, 5) is 27.1. The SMILES string of the molecule is O=C(OCC(=O)N1CCCCCC1)c1ccccc1Nc1ccc(SC(F)F)cc1. The molecule has 2 aromatic carbocycles. The van der Waals surface area contributed by atoms with Crippen molar-refractivity contribution in [3.63, 3.8) is 0 Å². The van der Waals surface area contributed by atoms with E-state index in [1.165, 1.54) is 0 Å². The van der Waals surface area contributed by atoms with Crippen LogP contribution < -0.4 is 5.32 Å². The number of carbonyl (C=O) groups excluding carboxylic acids is 2. The van der Waals surface area contributed by atoms with Gasteiger partial charge in [-0.1, -0.05) is 36.7 Å². The number of thioether (sulfide) groups is 1. The van der Waals surface area contributed by atoms with Crippen LogP contribution in [0.4, 0.5) is 20.2 Å². The molecule has 5 nitrogen and oxygen atoms in total. The van der Waals surface area contributed by atoms with Crippen molar-refractivity contribution >= 4 is 35.0 Å². The molecule has 0 atom stereocenters. The van der Waals surface area contributed by atoms with Crippen LogP contribution in [0.15, 0.2) is 53.4 Å². The van der Waals surface area contributed by atoms with Crippen LogP contribution in [-0.2, 0) is 9.53 Å². The Morgan fingerprint density at radius 1 is 1.00 bits per heavy atom. The fraction of sp³-hybridized carbons (Fsp3) is 0.364. The van der Waals surface area contributed by atoms with Gasteiger partial charge in [-0.15, -0.1) is 0 Å². The summed E-state index contributed by atoms with van der Waals surface area (Å²) < 4.78 is 30.2. The Bertz CT molecular complexity index is 854. The molecule has 1 fully saturated rings. The van der Waals surface area contributed by atoms with Gasteiger partial charge in [0.15, 0.2) is 6.61 Å². The molecule has 1 aliphatic rings. The molecule has 0 saturated carbocycles. The highest BCUT2D eigenvalue weighted by Crippen LogP contribution is 2.28. The molecule has 8 heteroatoms. The van der Waals surface area contributed by atoms with Crippen molar-refractivity contribution in [1.82, 2.24) is 4.90 Å². The second-order valence-corrected chi connectivity index (χ2v) is 8.01. The van der Waals surface area contributed by atoms with Gasteiger partial charge in [-0.2, -0.15) is 8.78 Å². The zero-order valence-electron chi connectivity index (χ0n) is 16.5. The standard InChI is InChI=1S/C22H24F2N2O3S/c23-22(24)30-17-11-9-16(10-12-17)25-19-8-4-3-7-18(19)21(28)29-15-20(27)26-13-5-1-2-6-14-26/h3-4,7-12,22,25H,1-2,5-6,13-15H2. The Balaban J connectivity index is 1.61. The normalized spacial score (nSPS) is 14.3. The molecule has 1 aliphatic heterocycles. The Morgan fingerprint density at radius 2 is 1.67 bits per heavy atom. The number of likely N-dealkylation sites (tertiary alicyclic amines) is 1. The molecule has 1 heterocycles. The Morgan fingerprint density at radius 3 is 2.33 bits per heavy atom. The Labute approximate surface area is 178 Å². The van der Waals surface area contributed by atoms with Crippen LogP contribution in [0.3, 0.4) is 0 Å². The summed E-state index contributed by atoms with van der Waals surface area (Å²) in [5.41, 5.74) is 1.46. The number of hydrogen-bond donors (Lipinski definition) is 1. The number of esters is 1. The molecule has 3 rings (SSSR count). The number of ether oxygens (including phenoxy) is 1. The van der Waals surface area contributed by atoms with E-state index in [1.807, 2.05) is 0 Å². The molecule has 1 saturated heterocycles. The molecule has 2 aromatic rings. The summed E-state index contributed by atoms with van der Waals surface area (Å²) in [6.45, 7) is 1.12. The first-order valence-corrected chi connectivity index (χ1v) is 10.8. The number of carbonyl (C=O) groups is 2. The van der Waals surface area contributed by atoms with Gasteiger partial charge >= 0.3 is 5.97 Å². The van der Waals surface area contributed by atoms with Crippen molar-refractivity contribution in [2.75, 3.05) is 25.0 Å². The van der Waals surface area contributed by atoms with Crippen LogP contribution in [0.2, 0.25) is 0 Å². The van der Waals surface area contributed by atoms with Gasteiger partial charge in [0.1, 0.15) is 0 Å². The molecule has 30 heavy (non-hydrogen) atoms. The fourth-order valence-electron chi connectivity index (χ4n) is 3.26. The summed E-state index contributed by atoms with van der Waals surface area (Å²) in [7, 11) is 0. The van der Waals surface area contributed by atoms with Crippen LogP contribution in [0.25, 0.3) is 0 Å². The highest BCUT2D eigenvalue weighted by atomic mass is 32.2. The lowest BCUT2D eigenvalue weighted by atomic mass is 10.1. The lowest BCUT2D eigenvalue weighted by Gasteiger charge is -2.20. The number of para-hydroxylation sites is 1. The summed E-state index contributed by atoms with van der Waals surface area (Å²) in [5, 5.41) is 3.10. The van der Waals surface area contributed by atoms with Crippen LogP contribution >= 0.6 is 11.8 Å². The maximum Gasteiger partial charge on any atom is 0.340 e. The molecule has 0 radical (unpaired) electrons. The van der Waals surface area contributed by atoms with Crippen molar-refractivity contribution in [2.24, 2.45) is 0 Å². The number of rotatable bonds is 7. The molecule has 1 amide bonds. The van der Waals surface area contributed by atoms with E-state index in [9.17, 15) is 18.4 Å². The summed E-state index contributed by atoms with van der Waals surface area (Å²) in [6, 6.07) is 13.3. The lowest BCUT2D eigenvalue weighted by Crippen LogP contribution is -2.35. The average molecular weight is 435 g/mol. The van der Waals surface area contributed by atoms with Crippen LogP contribution in [0.5, 0.6) is 0 Å². The van der Waals surface area contributed by atoms with E-state index in [0.29, 0.717) is 46.7 Å². The maximum absolute atomic E-state index is 12.6. The molecular formula is C22H24F2N2O3S. The molecule has 160 valence electrons. The summed E-state index contributed by atoms with van der Waals surface area (Å²) in [5.74, 6) is -3.25. The maximum atomic E-state index is 12.6. The third-order valence-corrected chi connectivity index (χ3v) is 5.51. The minimum Gasteiger partial charge on any atom is -0.452 e. The molecule has 0 bridgehead atoms. The van der Waals surface area contributed by atoms with Gasteiger partial charge in [0.05, 0.1) is 11.3 Å². The second-order valence-electron chi connectivity index (χ2n) is 6.94. The highest BCUT2D eigenvalue weighted by Gasteiger charge is 2.19. The van der Waals surface area contributed by atoms with Crippen LogP contribution in [0.1, 0.15) is 36.0 Å². The van der Waals surface area contributed by atoms with Gasteiger partial charge < -0.3 is 15.0 Å². The number of anilines is 2. The predicted octanol–water partition coefficient (Wildman–Crippen LogP) is 5.30. The fourth-order valence-corrected chi connectivity index (χ4v) is 3.76. The van der Waals surface area contributed by atoms with E-state index in [0.717, 1.165) is 25.7 Å². The van der Waals surface area contributed by atoms with E-state index in [4.69, 9.17) is 4.74 Å². The van der Waals surface area contributed by atoms with Gasteiger partial charge in [-0.05, 0) is 49.2 Å². The van der Waals surface area contributed by atoms with Crippen molar-refractivity contribution in [1.29, 1.82) is 0 Å². The summed E-state index contributed by atoms with van der Waals surface area (Å²) >= 11 is 0.473. The predicted molar refractivity (Wildman–Crippen MR) is 113 cm³/mol. The minimum atomic E-state index is -2.48. The van der Waals surface area contributed by atoms with E-state index >= 15 is 0 Å². The average Bonchev–Trinajstić information content (AvgIpc) is 3.03.